The fraction of sp³-hybridized carbons (Fsp3) is 0.214. The molecule has 3 heterocycles. The maximum Gasteiger partial charge on any atom is 0.305 e. The molecule has 0 atom stereocenters. The summed E-state index contributed by atoms with van der Waals surface area (Å²) in [5, 5.41) is 15.3. The average Bonchev–Trinajstić information content (AvgIpc) is 3.20. The van der Waals surface area contributed by atoms with Crippen molar-refractivity contribution in [3.63, 3.8) is 0 Å². The van der Waals surface area contributed by atoms with Crippen LogP contribution in [0.15, 0.2) is 29.1 Å². The first-order valence-corrected chi connectivity index (χ1v) is 7.78. The SMILES string of the molecule is COc1ccc(CCc2nn3c(=O)c4n[nH]nc4nc3s2)cc1. The van der Waals surface area contributed by atoms with Crippen molar-refractivity contribution >= 4 is 27.5 Å². The third-order valence-corrected chi connectivity index (χ3v) is 4.48. The monoisotopic (exact) mass is 328 g/mol. The lowest BCUT2D eigenvalue weighted by molar-refractivity contribution is 0.414. The molecule has 0 spiro atoms. The van der Waals surface area contributed by atoms with Crippen molar-refractivity contribution < 1.29 is 4.74 Å². The summed E-state index contributed by atoms with van der Waals surface area (Å²) < 4.78 is 6.43. The third kappa shape index (κ3) is 2.44. The van der Waals surface area contributed by atoms with Gasteiger partial charge < -0.3 is 4.74 Å². The third-order valence-electron chi connectivity index (χ3n) is 3.51. The standard InChI is InChI=1S/C14H12N6O2S/c1-22-9-5-2-8(3-6-9)4-7-10-18-20-13(21)11-12(17-19-16-11)15-14(20)23-10/h2-3,5-6H,4,7H2,1H3,(H,16,17,19). The Morgan fingerprint density at radius 1 is 1.22 bits per heavy atom. The van der Waals surface area contributed by atoms with E-state index in [4.69, 9.17) is 4.74 Å². The zero-order valence-electron chi connectivity index (χ0n) is 12.2. The smallest absolute Gasteiger partial charge is 0.305 e. The number of benzene rings is 1. The topological polar surface area (TPSA) is 98.1 Å². The zero-order valence-corrected chi connectivity index (χ0v) is 13.0. The molecule has 0 saturated heterocycles. The Morgan fingerprint density at radius 3 is 2.83 bits per heavy atom. The van der Waals surface area contributed by atoms with Gasteiger partial charge >= 0.3 is 5.56 Å². The molecular weight excluding hydrogens is 316 g/mol. The van der Waals surface area contributed by atoms with Crippen molar-refractivity contribution in [1.82, 2.24) is 30.0 Å². The summed E-state index contributed by atoms with van der Waals surface area (Å²) in [5.74, 6) is 0.833. The molecule has 0 aliphatic heterocycles. The van der Waals surface area contributed by atoms with Gasteiger partial charge in [0.05, 0.1) is 7.11 Å². The van der Waals surface area contributed by atoms with Crippen LogP contribution in [0.4, 0.5) is 0 Å². The highest BCUT2D eigenvalue weighted by atomic mass is 32.1. The van der Waals surface area contributed by atoms with Gasteiger partial charge in [0, 0.05) is 6.42 Å². The quantitative estimate of drug-likeness (QED) is 0.605. The first-order chi connectivity index (χ1) is 11.2. The highest BCUT2D eigenvalue weighted by Crippen LogP contribution is 2.17. The van der Waals surface area contributed by atoms with Gasteiger partial charge in [-0.15, -0.1) is 10.2 Å². The van der Waals surface area contributed by atoms with Crippen LogP contribution < -0.4 is 10.3 Å². The van der Waals surface area contributed by atoms with Crippen molar-refractivity contribution in [2.75, 3.05) is 7.11 Å². The number of methoxy groups -OCH3 is 1. The van der Waals surface area contributed by atoms with Crippen LogP contribution in [0.1, 0.15) is 10.6 Å². The second kappa shape index (κ2) is 5.43. The van der Waals surface area contributed by atoms with Crippen LogP contribution in [0, 0.1) is 0 Å². The van der Waals surface area contributed by atoms with Gasteiger partial charge in [0.25, 0.3) is 0 Å². The van der Waals surface area contributed by atoms with E-state index in [2.05, 4.69) is 25.5 Å². The molecule has 0 radical (unpaired) electrons. The molecular formula is C14H12N6O2S. The van der Waals surface area contributed by atoms with E-state index in [0.717, 1.165) is 23.6 Å². The molecule has 4 aromatic rings. The summed E-state index contributed by atoms with van der Waals surface area (Å²) in [4.78, 5) is 17.1. The summed E-state index contributed by atoms with van der Waals surface area (Å²) in [6.45, 7) is 0. The van der Waals surface area contributed by atoms with Gasteiger partial charge in [-0.1, -0.05) is 23.5 Å². The summed E-state index contributed by atoms with van der Waals surface area (Å²) in [6.07, 6.45) is 1.56. The van der Waals surface area contributed by atoms with E-state index in [-0.39, 0.29) is 11.1 Å². The molecule has 0 fully saturated rings. The van der Waals surface area contributed by atoms with Gasteiger partial charge in [-0.05, 0) is 24.1 Å². The second-order valence-electron chi connectivity index (χ2n) is 4.95. The fourth-order valence-corrected chi connectivity index (χ4v) is 3.19. The van der Waals surface area contributed by atoms with Gasteiger partial charge in [0.1, 0.15) is 10.8 Å². The number of nitrogens with one attached hydrogen (secondary N) is 1. The normalized spacial score (nSPS) is 11.3. The first kappa shape index (κ1) is 13.8. The van der Waals surface area contributed by atoms with Crippen LogP contribution in [-0.4, -0.2) is 37.1 Å². The Kier molecular flexibility index (Phi) is 3.27. The molecule has 1 aromatic carbocycles. The van der Waals surface area contributed by atoms with E-state index in [1.165, 1.54) is 21.4 Å². The molecule has 0 unspecified atom stereocenters. The van der Waals surface area contributed by atoms with E-state index >= 15 is 0 Å². The fourth-order valence-electron chi connectivity index (χ4n) is 2.31. The number of aryl methyl sites for hydroxylation is 2. The lowest BCUT2D eigenvalue weighted by Gasteiger charge is -2.01. The van der Waals surface area contributed by atoms with Gasteiger partial charge in [-0.2, -0.15) is 19.8 Å². The number of fused-ring (bicyclic) bond motifs is 2. The molecule has 116 valence electrons. The predicted octanol–water partition coefficient (Wildman–Crippen LogP) is 1.22. The first-order valence-electron chi connectivity index (χ1n) is 6.97. The van der Waals surface area contributed by atoms with Crippen molar-refractivity contribution in [3.8, 4) is 5.75 Å². The number of nitrogens with zero attached hydrogens (tertiary/aromatic N) is 5. The van der Waals surface area contributed by atoms with E-state index in [9.17, 15) is 4.79 Å². The molecule has 0 aliphatic rings. The van der Waals surface area contributed by atoms with Crippen LogP contribution in [0.25, 0.3) is 16.1 Å². The molecule has 0 bridgehead atoms. The minimum atomic E-state index is -0.300. The van der Waals surface area contributed by atoms with Gasteiger partial charge in [-0.25, -0.2) is 0 Å². The highest BCUT2D eigenvalue weighted by molar-refractivity contribution is 7.16. The summed E-state index contributed by atoms with van der Waals surface area (Å²) >= 11 is 1.39. The molecule has 0 amide bonds. The molecule has 8 nitrogen and oxygen atoms in total. The number of rotatable bonds is 4. The summed E-state index contributed by atoms with van der Waals surface area (Å²) in [6, 6.07) is 7.91. The number of aromatic amines is 1. The number of aromatic nitrogens is 6. The second-order valence-corrected chi connectivity index (χ2v) is 5.99. The van der Waals surface area contributed by atoms with E-state index in [1.807, 2.05) is 24.3 Å². The molecule has 0 aliphatic carbocycles. The maximum absolute atomic E-state index is 12.2. The van der Waals surface area contributed by atoms with Crippen LogP contribution in [0.2, 0.25) is 0 Å². The van der Waals surface area contributed by atoms with Crippen LogP contribution >= 0.6 is 11.3 Å². The zero-order chi connectivity index (χ0) is 15.8. The van der Waals surface area contributed by atoms with Gasteiger partial charge in [-0.3, -0.25) is 4.79 Å². The van der Waals surface area contributed by atoms with Crippen LogP contribution in [0.5, 0.6) is 5.75 Å². The highest BCUT2D eigenvalue weighted by Gasteiger charge is 2.13. The van der Waals surface area contributed by atoms with Crippen LogP contribution in [0.3, 0.4) is 0 Å². The molecule has 3 aromatic heterocycles. The molecule has 23 heavy (non-hydrogen) atoms. The Hall–Kier alpha value is -2.81. The minimum absolute atomic E-state index is 0.203. The molecule has 0 saturated carbocycles. The Labute approximate surface area is 133 Å². The van der Waals surface area contributed by atoms with Gasteiger partial charge in [0.15, 0.2) is 5.52 Å². The number of hydrogen-bond donors (Lipinski definition) is 1. The Bertz CT molecular complexity index is 1030. The lowest BCUT2D eigenvalue weighted by atomic mass is 10.1. The molecule has 1 N–H and O–H groups in total. The Morgan fingerprint density at radius 2 is 2.04 bits per heavy atom. The number of H-pyrrole nitrogens is 1. The van der Waals surface area contributed by atoms with Crippen LogP contribution in [-0.2, 0) is 12.8 Å². The lowest BCUT2D eigenvalue weighted by Crippen LogP contribution is -2.15. The van der Waals surface area contributed by atoms with Crippen molar-refractivity contribution in [2.45, 2.75) is 12.8 Å². The summed E-state index contributed by atoms with van der Waals surface area (Å²) in [5.41, 5.74) is 1.41. The van der Waals surface area contributed by atoms with Crippen molar-refractivity contribution in [2.24, 2.45) is 0 Å². The van der Waals surface area contributed by atoms with E-state index in [1.54, 1.807) is 7.11 Å². The maximum atomic E-state index is 12.2. The largest absolute Gasteiger partial charge is 0.497 e. The van der Waals surface area contributed by atoms with E-state index in [0.29, 0.717) is 10.6 Å². The summed E-state index contributed by atoms with van der Waals surface area (Å²) in [7, 11) is 1.65. The average molecular weight is 328 g/mol. The predicted molar refractivity (Wildman–Crippen MR) is 85.0 cm³/mol. The van der Waals surface area contributed by atoms with Crippen molar-refractivity contribution in [1.29, 1.82) is 0 Å². The van der Waals surface area contributed by atoms with E-state index < -0.39 is 0 Å². The number of ether oxygens (including phenoxy) is 1. The minimum Gasteiger partial charge on any atom is -0.497 e. The molecule has 4 rings (SSSR count). The number of hydrogen-bond acceptors (Lipinski definition) is 7. The van der Waals surface area contributed by atoms with Gasteiger partial charge in [0.2, 0.25) is 10.6 Å². The Balaban J connectivity index is 1.61. The van der Waals surface area contributed by atoms with Crippen molar-refractivity contribution in [3.05, 3.63) is 45.2 Å². The molecule has 9 heteroatoms.